The van der Waals surface area contributed by atoms with E-state index in [2.05, 4.69) is 10.1 Å². The van der Waals surface area contributed by atoms with Crippen molar-refractivity contribution in [3.8, 4) is 0 Å². The minimum Gasteiger partial charge on any atom is -0.338 e. The van der Waals surface area contributed by atoms with Gasteiger partial charge in [-0.3, -0.25) is 14.3 Å². The molecule has 0 aromatic carbocycles. The minimum atomic E-state index is -4.61. The van der Waals surface area contributed by atoms with Crippen LogP contribution in [0.3, 0.4) is 0 Å². The summed E-state index contributed by atoms with van der Waals surface area (Å²) in [5, 5.41) is 3.97. The molecule has 0 saturated carbocycles. The number of fused-ring (bicyclic) bond motifs is 1. The summed E-state index contributed by atoms with van der Waals surface area (Å²) in [6.07, 6.45) is -5.87. The Morgan fingerprint density at radius 2 is 2.06 bits per heavy atom. The number of carbonyl (C=O) groups excluding carboxylic acids is 1. The van der Waals surface area contributed by atoms with Gasteiger partial charge in [0.2, 0.25) is 5.91 Å². The molecular weight excluding hydrogens is 449 g/mol. The van der Waals surface area contributed by atoms with Crippen LogP contribution in [0.15, 0.2) is 17.1 Å². The van der Waals surface area contributed by atoms with Crippen LogP contribution >= 0.6 is 11.6 Å². The zero-order chi connectivity index (χ0) is 22.5. The molecule has 31 heavy (non-hydrogen) atoms. The Bertz CT molecular complexity index is 1070. The first-order valence-electron chi connectivity index (χ1n) is 9.52. The fourth-order valence-electron chi connectivity index (χ4n) is 3.99. The second-order valence-corrected chi connectivity index (χ2v) is 8.11. The highest BCUT2D eigenvalue weighted by Gasteiger charge is 2.48. The van der Waals surface area contributed by atoms with Crippen molar-refractivity contribution in [1.82, 2.24) is 24.2 Å². The molecule has 2 aliphatic rings. The third-order valence-corrected chi connectivity index (χ3v) is 5.77. The van der Waals surface area contributed by atoms with Crippen LogP contribution in [0, 0.1) is 11.7 Å². The van der Waals surface area contributed by atoms with E-state index >= 15 is 0 Å². The van der Waals surface area contributed by atoms with E-state index in [0.717, 1.165) is 26.4 Å². The molecule has 7 nitrogen and oxygen atoms in total. The van der Waals surface area contributed by atoms with E-state index in [-0.39, 0.29) is 36.1 Å². The zero-order valence-corrected chi connectivity index (χ0v) is 16.7. The van der Waals surface area contributed by atoms with E-state index in [1.807, 2.05) is 0 Å². The Morgan fingerprint density at radius 1 is 1.32 bits per heavy atom. The van der Waals surface area contributed by atoms with Crippen molar-refractivity contribution in [2.24, 2.45) is 5.92 Å². The summed E-state index contributed by atoms with van der Waals surface area (Å²) in [5.41, 5.74) is -1.04. The van der Waals surface area contributed by atoms with E-state index < -0.39 is 61.1 Å². The lowest BCUT2D eigenvalue weighted by Gasteiger charge is -2.32. The molecule has 2 aliphatic heterocycles. The van der Waals surface area contributed by atoms with Gasteiger partial charge in [0.1, 0.15) is 23.9 Å². The van der Waals surface area contributed by atoms with E-state index in [0.29, 0.717) is 0 Å². The maximum atomic E-state index is 14.1. The van der Waals surface area contributed by atoms with Crippen molar-refractivity contribution < 1.29 is 26.7 Å². The SMILES string of the molecule is O=C([C@H]1C[C@@H](C(F)(F)F)Cc2nn(Cc3ncc(Cl)cc3F)c(=O)n21)N1CC[C@H](F)C1. The summed E-state index contributed by atoms with van der Waals surface area (Å²) >= 11 is 5.65. The highest BCUT2D eigenvalue weighted by Crippen LogP contribution is 2.39. The number of amides is 1. The normalized spacial score (nSPS) is 23.8. The summed E-state index contributed by atoms with van der Waals surface area (Å²) in [4.78, 5) is 30.7. The maximum Gasteiger partial charge on any atom is 0.392 e. The first kappa shape index (κ1) is 21.7. The van der Waals surface area contributed by atoms with Crippen LogP contribution in [0.4, 0.5) is 22.0 Å². The van der Waals surface area contributed by atoms with Crippen LogP contribution in [0.2, 0.25) is 5.02 Å². The van der Waals surface area contributed by atoms with Gasteiger partial charge >= 0.3 is 11.9 Å². The molecule has 4 heterocycles. The number of aromatic nitrogens is 4. The Balaban J connectivity index is 1.71. The molecule has 0 spiro atoms. The van der Waals surface area contributed by atoms with Crippen molar-refractivity contribution in [2.45, 2.75) is 44.2 Å². The van der Waals surface area contributed by atoms with Gasteiger partial charge in [-0.2, -0.15) is 18.3 Å². The fraction of sp³-hybridized carbons (Fsp3) is 0.556. The summed E-state index contributed by atoms with van der Waals surface area (Å²) < 4.78 is 69.7. The first-order chi connectivity index (χ1) is 14.5. The van der Waals surface area contributed by atoms with Crippen molar-refractivity contribution in [2.75, 3.05) is 13.1 Å². The highest BCUT2D eigenvalue weighted by atomic mass is 35.5. The molecule has 2 aromatic rings. The van der Waals surface area contributed by atoms with Crippen molar-refractivity contribution in [3.05, 3.63) is 45.1 Å². The number of halogens is 6. The van der Waals surface area contributed by atoms with Crippen molar-refractivity contribution in [3.63, 3.8) is 0 Å². The van der Waals surface area contributed by atoms with Gasteiger partial charge < -0.3 is 4.90 Å². The molecule has 0 unspecified atom stereocenters. The number of likely N-dealkylation sites (tertiary alicyclic amines) is 1. The average molecular weight is 466 g/mol. The number of carbonyl (C=O) groups is 1. The highest BCUT2D eigenvalue weighted by molar-refractivity contribution is 6.30. The van der Waals surface area contributed by atoms with Gasteiger partial charge in [0, 0.05) is 19.2 Å². The smallest absolute Gasteiger partial charge is 0.338 e. The lowest BCUT2D eigenvalue weighted by atomic mass is 9.91. The van der Waals surface area contributed by atoms with Crippen LogP contribution in [-0.4, -0.2) is 55.6 Å². The summed E-state index contributed by atoms with van der Waals surface area (Å²) in [6.45, 7) is -0.620. The predicted octanol–water partition coefficient (Wildman–Crippen LogP) is 2.52. The Hall–Kier alpha value is -2.50. The quantitative estimate of drug-likeness (QED) is 0.653. The molecule has 0 bridgehead atoms. The summed E-state index contributed by atoms with van der Waals surface area (Å²) in [7, 11) is 0. The Morgan fingerprint density at radius 3 is 2.68 bits per heavy atom. The molecule has 0 radical (unpaired) electrons. The van der Waals surface area contributed by atoms with E-state index in [9.17, 15) is 31.5 Å². The topological polar surface area (TPSA) is 73.0 Å². The third-order valence-electron chi connectivity index (χ3n) is 5.56. The fourth-order valence-corrected chi connectivity index (χ4v) is 4.13. The Labute approximate surface area is 177 Å². The van der Waals surface area contributed by atoms with Crippen LogP contribution < -0.4 is 5.69 Å². The predicted molar refractivity (Wildman–Crippen MR) is 97.8 cm³/mol. The second-order valence-electron chi connectivity index (χ2n) is 7.67. The lowest BCUT2D eigenvalue weighted by Crippen LogP contribution is -2.45. The second kappa shape index (κ2) is 7.88. The monoisotopic (exact) mass is 465 g/mol. The largest absolute Gasteiger partial charge is 0.392 e. The van der Waals surface area contributed by atoms with Crippen LogP contribution in [0.5, 0.6) is 0 Å². The van der Waals surface area contributed by atoms with Gasteiger partial charge in [-0.1, -0.05) is 11.6 Å². The summed E-state index contributed by atoms with van der Waals surface area (Å²) in [6, 6.07) is -0.484. The molecule has 2 aromatic heterocycles. The Kier molecular flexibility index (Phi) is 5.52. The van der Waals surface area contributed by atoms with Crippen LogP contribution in [0.1, 0.15) is 30.4 Å². The van der Waals surface area contributed by atoms with Gasteiger partial charge in [0.15, 0.2) is 0 Å². The van der Waals surface area contributed by atoms with Crippen molar-refractivity contribution in [1.29, 1.82) is 0 Å². The molecule has 3 atom stereocenters. The molecule has 1 saturated heterocycles. The van der Waals surface area contributed by atoms with Crippen LogP contribution in [0.25, 0.3) is 0 Å². The van der Waals surface area contributed by atoms with E-state index in [4.69, 9.17) is 11.6 Å². The van der Waals surface area contributed by atoms with Crippen LogP contribution in [-0.2, 0) is 17.8 Å². The molecule has 168 valence electrons. The van der Waals surface area contributed by atoms with E-state index in [1.54, 1.807) is 0 Å². The number of pyridine rings is 1. The standard InChI is InChI=1S/C18H17ClF5N5O2/c19-10-5-12(21)13(25-6-10)8-28-17(31)29-14(16(30)27-2-1-11(20)7-27)3-9(18(22,23)24)4-15(29)26-28/h5-6,9,11,14H,1-4,7-8H2/t9-,11+,14-/m1/s1. The number of hydrogen-bond donors (Lipinski definition) is 0. The number of nitrogens with zero attached hydrogens (tertiary/aromatic N) is 5. The van der Waals surface area contributed by atoms with E-state index in [1.165, 1.54) is 0 Å². The molecule has 13 heteroatoms. The van der Waals surface area contributed by atoms with Gasteiger partial charge in [-0.05, 0) is 18.9 Å². The average Bonchev–Trinajstić information content (AvgIpc) is 3.26. The molecule has 1 fully saturated rings. The lowest BCUT2D eigenvalue weighted by molar-refractivity contribution is -0.183. The van der Waals surface area contributed by atoms with Gasteiger partial charge in [0.05, 0.1) is 29.7 Å². The van der Waals surface area contributed by atoms with Gasteiger partial charge in [-0.15, -0.1) is 0 Å². The molecule has 0 N–H and O–H groups in total. The molecule has 0 aliphatic carbocycles. The summed E-state index contributed by atoms with van der Waals surface area (Å²) in [5.74, 6) is -3.69. The van der Waals surface area contributed by atoms with Gasteiger partial charge in [-0.25, -0.2) is 18.3 Å². The van der Waals surface area contributed by atoms with Gasteiger partial charge in [0.25, 0.3) is 0 Å². The van der Waals surface area contributed by atoms with Crippen molar-refractivity contribution >= 4 is 17.5 Å². The third kappa shape index (κ3) is 4.17. The number of rotatable bonds is 3. The molecule has 1 amide bonds. The zero-order valence-electron chi connectivity index (χ0n) is 15.9. The molecular formula is C18H17ClF5N5O2. The molecule has 4 rings (SSSR count). The minimum absolute atomic E-state index is 0.0354. The number of alkyl halides is 4. The number of hydrogen-bond acceptors (Lipinski definition) is 4. The first-order valence-corrected chi connectivity index (χ1v) is 9.90. The maximum absolute atomic E-state index is 14.1.